The lowest BCUT2D eigenvalue weighted by Gasteiger charge is -2.19. The number of carbonyl (C=O) groups is 4. The molecular weight excluding hydrogens is 300 g/mol. The van der Waals surface area contributed by atoms with Crippen LogP contribution >= 0.6 is 0 Å². The van der Waals surface area contributed by atoms with Crippen LogP contribution in [0.3, 0.4) is 0 Å². The third-order valence-corrected chi connectivity index (χ3v) is 4.06. The molecule has 2 amide bonds. The van der Waals surface area contributed by atoms with Gasteiger partial charge in [-0.25, -0.2) is 0 Å². The van der Waals surface area contributed by atoms with Gasteiger partial charge in [0.15, 0.2) is 5.76 Å². The van der Waals surface area contributed by atoms with E-state index in [-0.39, 0.29) is 21.6 Å². The summed E-state index contributed by atoms with van der Waals surface area (Å²) in [5.74, 6) is -4.24. The van der Waals surface area contributed by atoms with Crippen molar-refractivity contribution in [2.75, 3.05) is 0 Å². The van der Waals surface area contributed by atoms with Gasteiger partial charge >= 0.3 is 0 Å². The SMILES string of the molecule is NC1=c2c3c4c(cccc4cc2=C(O)C(=O)C1=O)C(=O)NC3=O. The van der Waals surface area contributed by atoms with Crippen molar-refractivity contribution in [3.05, 3.63) is 45.8 Å². The Balaban J connectivity index is 2.43. The molecule has 1 aliphatic carbocycles. The van der Waals surface area contributed by atoms with Crippen LogP contribution in [0.5, 0.6) is 0 Å². The third-order valence-electron chi connectivity index (χ3n) is 4.06. The van der Waals surface area contributed by atoms with Crippen LogP contribution in [0.25, 0.3) is 22.2 Å². The summed E-state index contributed by atoms with van der Waals surface area (Å²) in [4.78, 5) is 47.9. The standard InChI is InChI=1S/C16H8N2O5/c17-11-9-7(12(19)14(21)13(11)20)4-5-2-1-3-6-8(5)10(9)16(23)18-15(6)22/h1-4,19H,17H2,(H,18,22,23). The number of aliphatic hydroxyl groups excluding tert-OH is 1. The number of fused-ring (bicyclic) bond motifs is 2. The van der Waals surface area contributed by atoms with E-state index in [0.29, 0.717) is 10.8 Å². The summed E-state index contributed by atoms with van der Waals surface area (Å²) in [6, 6.07) is 6.23. The summed E-state index contributed by atoms with van der Waals surface area (Å²) in [6.45, 7) is 0. The van der Waals surface area contributed by atoms with Crippen LogP contribution in [0.4, 0.5) is 0 Å². The maximum Gasteiger partial charge on any atom is 0.269 e. The zero-order valence-electron chi connectivity index (χ0n) is 11.5. The predicted molar refractivity (Wildman–Crippen MR) is 78.6 cm³/mol. The van der Waals surface area contributed by atoms with Crippen molar-refractivity contribution in [2.45, 2.75) is 0 Å². The van der Waals surface area contributed by atoms with Gasteiger partial charge in [-0.15, -0.1) is 0 Å². The van der Waals surface area contributed by atoms with Crippen LogP contribution in [-0.4, -0.2) is 28.5 Å². The number of imide groups is 1. The molecule has 0 spiro atoms. The van der Waals surface area contributed by atoms with Gasteiger partial charge < -0.3 is 10.8 Å². The average Bonchev–Trinajstić information content (AvgIpc) is 2.54. The molecule has 112 valence electrons. The van der Waals surface area contributed by atoms with Gasteiger partial charge in [0.2, 0.25) is 0 Å². The van der Waals surface area contributed by atoms with E-state index >= 15 is 0 Å². The van der Waals surface area contributed by atoms with Crippen molar-refractivity contribution in [2.24, 2.45) is 5.73 Å². The minimum atomic E-state index is -1.12. The van der Waals surface area contributed by atoms with Gasteiger partial charge in [0.25, 0.3) is 23.4 Å². The van der Waals surface area contributed by atoms with E-state index in [1.807, 2.05) is 0 Å². The van der Waals surface area contributed by atoms with Crippen molar-refractivity contribution < 1.29 is 24.3 Å². The number of nitrogens with one attached hydrogen (secondary N) is 1. The van der Waals surface area contributed by atoms with E-state index in [9.17, 15) is 24.3 Å². The number of benzene rings is 2. The zero-order chi connectivity index (χ0) is 16.5. The second-order valence-electron chi connectivity index (χ2n) is 5.28. The maximum absolute atomic E-state index is 12.3. The smallest absolute Gasteiger partial charge is 0.269 e. The number of aliphatic hydroxyl groups is 1. The Kier molecular flexibility index (Phi) is 2.32. The molecule has 0 aromatic heterocycles. The molecule has 0 bridgehead atoms. The van der Waals surface area contributed by atoms with E-state index in [0.717, 1.165) is 0 Å². The van der Waals surface area contributed by atoms with Gasteiger partial charge in [-0.1, -0.05) is 12.1 Å². The number of amides is 2. The maximum atomic E-state index is 12.3. The Morgan fingerprint density at radius 2 is 1.74 bits per heavy atom. The molecular formula is C16H8N2O5. The van der Waals surface area contributed by atoms with Crippen LogP contribution in [-0.2, 0) is 9.59 Å². The summed E-state index contributed by atoms with van der Waals surface area (Å²) in [7, 11) is 0. The first-order chi connectivity index (χ1) is 10.9. The van der Waals surface area contributed by atoms with Gasteiger partial charge in [-0.3, -0.25) is 24.5 Å². The fourth-order valence-corrected chi connectivity index (χ4v) is 3.04. The lowest BCUT2D eigenvalue weighted by Crippen LogP contribution is -2.49. The number of carbonyl (C=O) groups excluding carboxylic acids is 4. The molecule has 0 saturated carbocycles. The lowest BCUT2D eigenvalue weighted by atomic mass is 9.88. The molecule has 4 N–H and O–H groups in total. The number of hydrogen-bond donors (Lipinski definition) is 3. The van der Waals surface area contributed by atoms with Crippen LogP contribution in [0.1, 0.15) is 20.7 Å². The number of ketones is 2. The molecule has 7 heteroatoms. The van der Waals surface area contributed by atoms with E-state index in [2.05, 4.69) is 5.32 Å². The summed E-state index contributed by atoms with van der Waals surface area (Å²) >= 11 is 0. The summed E-state index contributed by atoms with van der Waals surface area (Å²) < 4.78 is 0. The normalized spacial score (nSPS) is 16.7. The monoisotopic (exact) mass is 308 g/mol. The van der Waals surface area contributed by atoms with Gasteiger partial charge in [-0.2, -0.15) is 0 Å². The van der Waals surface area contributed by atoms with Gasteiger partial charge in [0, 0.05) is 21.4 Å². The molecule has 1 heterocycles. The van der Waals surface area contributed by atoms with Gasteiger partial charge in [0.05, 0.1) is 11.3 Å². The van der Waals surface area contributed by atoms with Gasteiger partial charge in [0.1, 0.15) is 0 Å². The molecule has 2 aromatic carbocycles. The number of nitrogens with two attached hydrogens (primary N) is 1. The Morgan fingerprint density at radius 3 is 2.48 bits per heavy atom. The summed E-state index contributed by atoms with van der Waals surface area (Å²) in [6.07, 6.45) is 0. The summed E-state index contributed by atoms with van der Waals surface area (Å²) in [5.41, 5.74) is 5.59. The largest absolute Gasteiger partial charge is 0.504 e. The van der Waals surface area contributed by atoms with Crippen LogP contribution in [0.2, 0.25) is 0 Å². The van der Waals surface area contributed by atoms with Crippen molar-refractivity contribution in [3.8, 4) is 0 Å². The topological polar surface area (TPSA) is 127 Å². The average molecular weight is 308 g/mol. The van der Waals surface area contributed by atoms with E-state index in [4.69, 9.17) is 5.73 Å². The number of rotatable bonds is 0. The molecule has 7 nitrogen and oxygen atoms in total. The molecule has 4 rings (SSSR count). The van der Waals surface area contributed by atoms with Crippen molar-refractivity contribution in [1.29, 1.82) is 0 Å². The van der Waals surface area contributed by atoms with E-state index < -0.39 is 34.8 Å². The molecule has 0 unspecified atom stereocenters. The Hall–Kier alpha value is -3.48. The highest BCUT2D eigenvalue weighted by atomic mass is 16.3. The van der Waals surface area contributed by atoms with Crippen LogP contribution < -0.4 is 21.5 Å². The molecule has 23 heavy (non-hydrogen) atoms. The first-order valence-electron chi connectivity index (χ1n) is 6.65. The highest BCUT2D eigenvalue weighted by Gasteiger charge is 2.33. The molecule has 1 aliphatic heterocycles. The van der Waals surface area contributed by atoms with Crippen molar-refractivity contribution in [3.63, 3.8) is 0 Å². The quantitative estimate of drug-likeness (QED) is 0.406. The highest BCUT2D eigenvalue weighted by Crippen LogP contribution is 2.24. The molecule has 0 atom stereocenters. The Labute approximate surface area is 127 Å². The zero-order valence-corrected chi connectivity index (χ0v) is 11.5. The minimum absolute atomic E-state index is 0.0104. The first-order valence-corrected chi connectivity index (χ1v) is 6.65. The number of Topliss-reactive ketones (excluding diaryl/α,β-unsaturated/α-hetero) is 2. The Morgan fingerprint density at radius 1 is 1.00 bits per heavy atom. The van der Waals surface area contributed by atoms with E-state index in [1.165, 1.54) is 12.1 Å². The number of hydrogen-bond acceptors (Lipinski definition) is 6. The molecule has 0 radical (unpaired) electrons. The second-order valence-corrected chi connectivity index (χ2v) is 5.28. The molecule has 2 aromatic rings. The fourth-order valence-electron chi connectivity index (χ4n) is 3.04. The van der Waals surface area contributed by atoms with Crippen LogP contribution in [0, 0.1) is 0 Å². The summed E-state index contributed by atoms with van der Waals surface area (Å²) in [5, 5.41) is 13.0. The lowest BCUT2D eigenvalue weighted by molar-refractivity contribution is -0.131. The van der Waals surface area contributed by atoms with Crippen molar-refractivity contribution in [1.82, 2.24) is 5.32 Å². The second kappa shape index (κ2) is 4.04. The first kappa shape index (κ1) is 13.2. The molecule has 0 fully saturated rings. The highest BCUT2D eigenvalue weighted by molar-refractivity contribution is 6.62. The predicted octanol–water partition coefficient (Wildman–Crippen LogP) is -1.39. The van der Waals surface area contributed by atoms with Gasteiger partial charge in [-0.05, 0) is 17.5 Å². The third kappa shape index (κ3) is 1.48. The van der Waals surface area contributed by atoms with Crippen LogP contribution in [0.15, 0.2) is 24.3 Å². The molecule has 2 aliphatic rings. The molecule has 0 saturated heterocycles. The van der Waals surface area contributed by atoms with E-state index in [1.54, 1.807) is 12.1 Å². The van der Waals surface area contributed by atoms with Crippen molar-refractivity contribution >= 4 is 45.6 Å². The minimum Gasteiger partial charge on any atom is -0.504 e. The Bertz CT molecular complexity index is 1130. The fraction of sp³-hybridized carbons (Fsp3) is 0.